The van der Waals surface area contributed by atoms with Crippen LogP contribution in [-0.4, -0.2) is 42.5 Å². The van der Waals surface area contributed by atoms with E-state index in [1.54, 1.807) is 6.07 Å². The Morgan fingerprint density at radius 3 is 2.85 bits per heavy atom. The van der Waals surface area contributed by atoms with Crippen molar-refractivity contribution in [3.8, 4) is 0 Å². The molecular formula is C19H24BrFN2O3. The van der Waals surface area contributed by atoms with Crippen LogP contribution in [0.2, 0.25) is 0 Å². The maximum absolute atomic E-state index is 13.9. The molecule has 3 atom stereocenters. The predicted molar refractivity (Wildman–Crippen MR) is 100 cm³/mol. The minimum atomic E-state index is -0.478. The molecule has 1 aliphatic heterocycles. The van der Waals surface area contributed by atoms with Crippen LogP contribution in [-0.2, 0) is 14.3 Å². The molecule has 1 saturated carbocycles. The van der Waals surface area contributed by atoms with Gasteiger partial charge in [-0.2, -0.15) is 0 Å². The first-order valence-electron chi connectivity index (χ1n) is 9.08. The second kappa shape index (κ2) is 8.48. The van der Waals surface area contributed by atoms with Gasteiger partial charge in [0.1, 0.15) is 11.9 Å². The number of halogens is 2. The fourth-order valence-corrected chi connectivity index (χ4v) is 4.61. The third-order valence-corrected chi connectivity index (χ3v) is 5.99. The maximum atomic E-state index is 13.9. The van der Waals surface area contributed by atoms with E-state index in [-0.39, 0.29) is 30.0 Å². The van der Waals surface area contributed by atoms with Crippen LogP contribution >= 0.6 is 15.9 Å². The highest BCUT2D eigenvalue weighted by Crippen LogP contribution is 2.40. The molecule has 1 aromatic carbocycles. The van der Waals surface area contributed by atoms with E-state index in [0.29, 0.717) is 23.0 Å². The number of ether oxygens (including phenoxy) is 1. The summed E-state index contributed by atoms with van der Waals surface area (Å²) in [6.45, 7) is 0.477. The smallest absolute Gasteiger partial charge is 0.323 e. The topological polar surface area (TPSA) is 58.6 Å². The Balaban J connectivity index is 1.62. The summed E-state index contributed by atoms with van der Waals surface area (Å²) in [5, 5.41) is 2.61. The quantitative estimate of drug-likeness (QED) is 0.728. The van der Waals surface area contributed by atoms with Crippen molar-refractivity contribution in [1.82, 2.24) is 4.90 Å². The lowest BCUT2D eigenvalue weighted by Gasteiger charge is -2.33. The number of amides is 1. The van der Waals surface area contributed by atoms with Gasteiger partial charge in [0.2, 0.25) is 5.91 Å². The predicted octanol–water partition coefficient (Wildman–Crippen LogP) is 3.72. The zero-order valence-electron chi connectivity index (χ0n) is 14.8. The Bertz CT molecular complexity index is 685. The first kappa shape index (κ1) is 19.3. The fraction of sp³-hybridized carbons (Fsp3) is 0.579. The summed E-state index contributed by atoms with van der Waals surface area (Å²) >= 11 is 3.19. The number of benzene rings is 1. The maximum Gasteiger partial charge on any atom is 0.323 e. The van der Waals surface area contributed by atoms with Crippen LogP contribution < -0.4 is 5.32 Å². The highest BCUT2D eigenvalue weighted by Gasteiger charge is 2.45. The molecule has 0 aromatic heterocycles. The number of fused-ring (bicyclic) bond motifs is 1. The standard InChI is InChI=1S/C19H24BrFN2O3/c1-26-19(25)17-10-12-4-2-3-5-16(12)23(17)9-8-18(24)22-15-7-6-13(20)11-14(15)21/h6-7,11-12,16-17H,2-5,8-10H2,1H3,(H,22,24). The molecule has 142 valence electrons. The first-order chi connectivity index (χ1) is 12.5. The van der Waals surface area contributed by atoms with Crippen molar-refractivity contribution in [3.05, 3.63) is 28.5 Å². The van der Waals surface area contributed by atoms with Crippen molar-refractivity contribution < 1.29 is 18.7 Å². The second-order valence-electron chi connectivity index (χ2n) is 7.05. The van der Waals surface area contributed by atoms with Crippen LogP contribution in [0, 0.1) is 11.7 Å². The Labute approximate surface area is 161 Å². The van der Waals surface area contributed by atoms with Crippen LogP contribution in [0.15, 0.2) is 22.7 Å². The molecule has 2 aliphatic rings. The molecule has 0 bridgehead atoms. The molecule has 7 heteroatoms. The van der Waals surface area contributed by atoms with E-state index in [1.807, 2.05) is 0 Å². The molecule has 1 amide bonds. The third-order valence-electron chi connectivity index (χ3n) is 5.50. The SMILES string of the molecule is COC(=O)C1CC2CCCCC2N1CCC(=O)Nc1ccc(Br)cc1F. The molecule has 1 N–H and O–H groups in total. The van der Waals surface area contributed by atoms with Crippen molar-refractivity contribution in [1.29, 1.82) is 0 Å². The minimum absolute atomic E-state index is 0.166. The first-order valence-corrected chi connectivity index (χ1v) is 9.87. The normalized spacial score (nSPS) is 25.6. The molecule has 1 saturated heterocycles. The van der Waals surface area contributed by atoms with E-state index in [4.69, 9.17) is 4.74 Å². The van der Waals surface area contributed by atoms with Crippen LogP contribution in [0.1, 0.15) is 38.5 Å². The number of carbonyl (C=O) groups is 2. The number of nitrogens with one attached hydrogen (secondary N) is 1. The number of hydrogen-bond donors (Lipinski definition) is 1. The number of anilines is 1. The monoisotopic (exact) mass is 426 g/mol. The number of nitrogens with zero attached hydrogens (tertiary/aromatic N) is 1. The number of hydrogen-bond acceptors (Lipinski definition) is 4. The van der Waals surface area contributed by atoms with Crippen molar-refractivity contribution >= 4 is 33.5 Å². The Morgan fingerprint density at radius 1 is 1.35 bits per heavy atom. The Kier molecular flexibility index (Phi) is 6.29. The minimum Gasteiger partial charge on any atom is -0.468 e. The lowest BCUT2D eigenvalue weighted by atomic mass is 9.85. The summed E-state index contributed by atoms with van der Waals surface area (Å²) in [4.78, 5) is 26.6. The number of likely N-dealkylation sites (tertiary alicyclic amines) is 1. The molecule has 0 spiro atoms. The van der Waals surface area contributed by atoms with Crippen LogP contribution in [0.25, 0.3) is 0 Å². The summed E-state index contributed by atoms with van der Waals surface area (Å²) in [5.41, 5.74) is 0.166. The van der Waals surface area contributed by atoms with Gasteiger partial charge < -0.3 is 10.1 Å². The summed E-state index contributed by atoms with van der Waals surface area (Å²) < 4.78 is 19.5. The van der Waals surface area contributed by atoms with Crippen LogP contribution in [0.5, 0.6) is 0 Å². The number of rotatable bonds is 5. The van der Waals surface area contributed by atoms with Crippen LogP contribution in [0.3, 0.4) is 0 Å². The van der Waals surface area contributed by atoms with Crippen molar-refractivity contribution in [2.75, 3.05) is 19.0 Å². The van der Waals surface area contributed by atoms with Crippen LogP contribution in [0.4, 0.5) is 10.1 Å². The summed E-state index contributed by atoms with van der Waals surface area (Å²) in [7, 11) is 1.41. The van der Waals surface area contributed by atoms with Gasteiger partial charge in [-0.05, 0) is 43.4 Å². The highest BCUT2D eigenvalue weighted by molar-refractivity contribution is 9.10. The van der Waals surface area contributed by atoms with E-state index in [2.05, 4.69) is 26.1 Å². The van der Waals surface area contributed by atoms with Gasteiger partial charge in [0, 0.05) is 23.5 Å². The van der Waals surface area contributed by atoms with Gasteiger partial charge in [0.15, 0.2) is 0 Å². The molecule has 26 heavy (non-hydrogen) atoms. The Morgan fingerprint density at radius 2 is 2.12 bits per heavy atom. The van der Waals surface area contributed by atoms with Gasteiger partial charge in [0.05, 0.1) is 12.8 Å². The molecule has 1 aliphatic carbocycles. The number of esters is 1. The van der Waals surface area contributed by atoms with E-state index < -0.39 is 5.82 Å². The zero-order valence-corrected chi connectivity index (χ0v) is 16.4. The van der Waals surface area contributed by atoms with Crippen molar-refractivity contribution in [2.24, 2.45) is 5.92 Å². The number of carbonyl (C=O) groups excluding carboxylic acids is 2. The Hall–Kier alpha value is -1.47. The average molecular weight is 427 g/mol. The third kappa shape index (κ3) is 4.26. The molecule has 5 nitrogen and oxygen atoms in total. The van der Waals surface area contributed by atoms with Gasteiger partial charge in [-0.3, -0.25) is 14.5 Å². The van der Waals surface area contributed by atoms with Gasteiger partial charge >= 0.3 is 5.97 Å². The average Bonchev–Trinajstić information content (AvgIpc) is 3.00. The summed E-state index contributed by atoms with van der Waals surface area (Å²) in [6, 6.07) is 4.59. The van der Waals surface area contributed by atoms with Gasteiger partial charge in [-0.15, -0.1) is 0 Å². The largest absolute Gasteiger partial charge is 0.468 e. The zero-order chi connectivity index (χ0) is 18.7. The van der Waals surface area contributed by atoms with Gasteiger partial charge in [-0.1, -0.05) is 28.8 Å². The number of methoxy groups -OCH3 is 1. The van der Waals surface area contributed by atoms with Gasteiger partial charge in [0.25, 0.3) is 0 Å². The summed E-state index contributed by atoms with van der Waals surface area (Å²) in [6.07, 6.45) is 5.56. The fourth-order valence-electron chi connectivity index (χ4n) is 4.28. The summed E-state index contributed by atoms with van der Waals surface area (Å²) in [5.74, 6) is -0.457. The van der Waals surface area contributed by atoms with E-state index >= 15 is 0 Å². The lowest BCUT2D eigenvalue weighted by Crippen LogP contribution is -2.44. The van der Waals surface area contributed by atoms with E-state index in [0.717, 1.165) is 25.7 Å². The molecule has 1 heterocycles. The molecule has 0 radical (unpaired) electrons. The van der Waals surface area contributed by atoms with Gasteiger partial charge in [-0.25, -0.2) is 4.39 Å². The molecule has 2 fully saturated rings. The molecule has 1 aromatic rings. The van der Waals surface area contributed by atoms with E-state index in [9.17, 15) is 14.0 Å². The van der Waals surface area contributed by atoms with Crippen molar-refractivity contribution in [3.63, 3.8) is 0 Å². The lowest BCUT2D eigenvalue weighted by molar-refractivity contribution is -0.146. The molecule has 3 rings (SSSR count). The second-order valence-corrected chi connectivity index (χ2v) is 7.96. The molecular weight excluding hydrogens is 403 g/mol. The molecule has 3 unspecified atom stereocenters. The highest BCUT2D eigenvalue weighted by atomic mass is 79.9. The van der Waals surface area contributed by atoms with Crippen molar-refractivity contribution in [2.45, 2.75) is 50.6 Å². The van der Waals surface area contributed by atoms with E-state index in [1.165, 1.54) is 25.7 Å².